The van der Waals surface area contributed by atoms with Gasteiger partial charge in [0.1, 0.15) is 5.82 Å². The first kappa shape index (κ1) is 32.5. The number of anilines is 1. The molecule has 2 aliphatic rings. The highest BCUT2D eigenvalue weighted by molar-refractivity contribution is 7.92. The second-order valence-corrected chi connectivity index (χ2v) is 13.4. The highest BCUT2D eigenvalue weighted by atomic mass is 35.5. The summed E-state index contributed by atoms with van der Waals surface area (Å²) >= 11 is 5.96. The van der Waals surface area contributed by atoms with Crippen LogP contribution in [0.2, 0.25) is 5.02 Å². The number of hydrogen-bond donors (Lipinski definition) is 2. The Labute approximate surface area is 258 Å². The van der Waals surface area contributed by atoms with Crippen molar-refractivity contribution in [3.63, 3.8) is 0 Å². The number of sulfonamides is 1. The van der Waals surface area contributed by atoms with Gasteiger partial charge >= 0.3 is 0 Å². The molecule has 43 heavy (non-hydrogen) atoms. The lowest BCUT2D eigenvalue weighted by atomic mass is 9.94. The Hall–Kier alpha value is -3.38. The lowest BCUT2D eigenvalue weighted by molar-refractivity contribution is -0.138. The lowest BCUT2D eigenvalue weighted by Gasteiger charge is -2.39. The van der Waals surface area contributed by atoms with E-state index in [9.17, 15) is 17.6 Å². The number of allylic oxidation sites excluding steroid dienone is 1. The van der Waals surface area contributed by atoms with Crippen LogP contribution in [0.4, 0.5) is 10.1 Å². The van der Waals surface area contributed by atoms with Gasteiger partial charge in [-0.2, -0.15) is 0 Å². The van der Waals surface area contributed by atoms with E-state index in [2.05, 4.69) is 16.4 Å². The molecular weight excluding hydrogens is 591 g/mol. The molecule has 232 valence electrons. The number of benzene rings is 2. The Bertz CT molecular complexity index is 1460. The van der Waals surface area contributed by atoms with Crippen LogP contribution in [0.3, 0.4) is 0 Å². The number of amides is 1. The SMILES string of the molecule is C=C(N)/C=C(\C=C/N)CN1CCC(C(=O)N2CCN(Cc3ccc(F)cc3S(=O)(=O)N(C)c3ccc(Cl)cc3)CC2)CC1. The molecule has 2 aliphatic heterocycles. The molecule has 0 spiro atoms. The van der Waals surface area contributed by atoms with Crippen LogP contribution < -0.4 is 15.8 Å². The zero-order valence-corrected chi connectivity index (χ0v) is 26.0. The van der Waals surface area contributed by atoms with E-state index < -0.39 is 15.8 Å². The largest absolute Gasteiger partial charge is 0.405 e. The fourth-order valence-corrected chi connectivity index (χ4v) is 7.11. The summed E-state index contributed by atoms with van der Waals surface area (Å²) in [4.78, 5) is 19.6. The standard InChI is InChI=1S/C31H40ClFN6O3S/c1-23(35)19-24(9-12-34)21-37-13-10-25(11-14-37)31(40)39-17-15-38(16-18-39)22-26-3-6-28(33)20-30(26)43(41,42)36(2)29-7-4-27(32)5-8-29/h3-9,12,19-20,25H,1,10-11,13-18,21-22,34-35H2,2H3/b12-9-,24-19+. The minimum absolute atomic E-state index is 0.0259. The van der Waals surface area contributed by atoms with Crippen LogP contribution >= 0.6 is 11.6 Å². The summed E-state index contributed by atoms with van der Waals surface area (Å²) in [6.45, 7) is 8.65. The van der Waals surface area contributed by atoms with E-state index in [1.54, 1.807) is 24.3 Å². The third kappa shape index (κ3) is 8.38. The van der Waals surface area contributed by atoms with Gasteiger partial charge in [0.15, 0.2) is 0 Å². The monoisotopic (exact) mass is 630 g/mol. The quantitative estimate of drug-likeness (QED) is 0.386. The zero-order chi connectivity index (χ0) is 31.1. The van der Waals surface area contributed by atoms with Crippen molar-refractivity contribution in [3.05, 3.63) is 95.1 Å². The third-order valence-corrected chi connectivity index (χ3v) is 10.1. The Balaban J connectivity index is 1.34. The van der Waals surface area contributed by atoms with E-state index in [1.165, 1.54) is 25.4 Å². The van der Waals surface area contributed by atoms with E-state index in [0.29, 0.717) is 61.2 Å². The molecule has 12 heteroatoms. The van der Waals surface area contributed by atoms with Crippen molar-refractivity contribution >= 4 is 33.2 Å². The highest BCUT2D eigenvalue weighted by Crippen LogP contribution is 2.28. The molecule has 0 radical (unpaired) electrons. The Morgan fingerprint density at radius 3 is 2.33 bits per heavy atom. The zero-order valence-electron chi connectivity index (χ0n) is 24.5. The van der Waals surface area contributed by atoms with Gasteiger partial charge in [-0.15, -0.1) is 0 Å². The summed E-state index contributed by atoms with van der Waals surface area (Å²) in [7, 11) is -2.60. The first-order chi connectivity index (χ1) is 20.5. The van der Waals surface area contributed by atoms with Gasteiger partial charge in [0.25, 0.3) is 10.0 Å². The first-order valence-electron chi connectivity index (χ1n) is 14.3. The molecule has 0 aromatic heterocycles. The summed E-state index contributed by atoms with van der Waals surface area (Å²) in [5.74, 6) is -0.481. The molecule has 2 aromatic rings. The topological polar surface area (TPSA) is 116 Å². The van der Waals surface area contributed by atoms with Crippen molar-refractivity contribution < 1.29 is 17.6 Å². The molecule has 1 amide bonds. The highest BCUT2D eigenvalue weighted by Gasteiger charge is 2.31. The number of carbonyl (C=O) groups is 1. The molecule has 0 aliphatic carbocycles. The van der Waals surface area contributed by atoms with Crippen molar-refractivity contribution in [1.82, 2.24) is 14.7 Å². The molecule has 2 aromatic carbocycles. The van der Waals surface area contributed by atoms with Gasteiger partial charge in [-0.3, -0.25) is 18.9 Å². The van der Waals surface area contributed by atoms with Crippen molar-refractivity contribution in [2.24, 2.45) is 17.4 Å². The second kappa shape index (κ2) is 14.4. The second-order valence-electron chi connectivity index (χ2n) is 11.0. The van der Waals surface area contributed by atoms with Gasteiger partial charge in [-0.25, -0.2) is 12.8 Å². The van der Waals surface area contributed by atoms with Crippen LogP contribution in [0.25, 0.3) is 0 Å². The van der Waals surface area contributed by atoms with Crippen LogP contribution in [-0.4, -0.2) is 81.9 Å². The molecular formula is C31H40ClFN6O3S. The average molecular weight is 631 g/mol. The van der Waals surface area contributed by atoms with Gasteiger partial charge in [0, 0.05) is 63.0 Å². The average Bonchev–Trinajstić information content (AvgIpc) is 2.98. The van der Waals surface area contributed by atoms with Crippen LogP contribution in [0, 0.1) is 11.7 Å². The van der Waals surface area contributed by atoms with Crippen molar-refractivity contribution in [2.75, 3.05) is 57.2 Å². The van der Waals surface area contributed by atoms with Crippen LogP contribution in [0.5, 0.6) is 0 Å². The number of carbonyl (C=O) groups excluding carboxylic acids is 1. The van der Waals surface area contributed by atoms with Gasteiger partial charge in [-0.05, 0) is 91.8 Å². The molecule has 2 heterocycles. The Kier molecular flexibility index (Phi) is 10.9. The predicted octanol–water partition coefficient (Wildman–Crippen LogP) is 3.53. The van der Waals surface area contributed by atoms with Crippen LogP contribution in [0.1, 0.15) is 18.4 Å². The number of likely N-dealkylation sites (tertiary alicyclic amines) is 1. The number of piperidine rings is 1. The normalized spacial score (nSPS) is 17.8. The molecule has 0 unspecified atom stereocenters. The van der Waals surface area contributed by atoms with Crippen LogP contribution in [-0.2, 0) is 21.4 Å². The maximum atomic E-state index is 14.3. The summed E-state index contributed by atoms with van der Waals surface area (Å²) in [6.07, 6.45) is 6.67. The van der Waals surface area contributed by atoms with E-state index in [4.69, 9.17) is 23.1 Å². The van der Waals surface area contributed by atoms with Crippen molar-refractivity contribution in [3.8, 4) is 0 Å². The summed E-state index contributed by atoms with van der Waals surface area (Å²) in [5.41, 5.74) is 13.7. The number of nitrogens with two attached hydrogens (primary N) is 2. The summed E-state index contributed by atoms with van der Waals surface area (Å²) in [6, 6.07) is 10.3. The molecule has 0 bridgehead atoms. The molecule has 0 atom stereocenters. The number of halogens is 2. The third-order valence-electron chi connectivity index (χ3n) is 7.96. The molecule has 9 nitrogen and oxygen atoms in total. The Morgan fingerprint density at radius 2 is 1.72 bits per heavy atom. The number of rotatable bonds is 10. The van der Waals surface area contributed by atoms with Crippen LogP contribution in [0.15, 0.2) is 83.6 Å². The van der Waals surface area contributed by atoms with Crippen molar-refractivity contribution in [1.29, 1.82) is 0 Å². The van der Waals surface area contributed by atoms with Gasteiger partial charge in [0.2, 0.25) is 5.91 Å². The smallest absolute Gasteiger partial charge is 0.264 e. The molecule has 0 saturated carbocycles. The maximum absolute atomic E-state index is 14.3. The van der Waals surface area contributed by atoms with Gasteiger partial charge < -0.3 is 16.4 Å². The number of nitrogens with zero attached hydrogens (tertiary/aromatic N) is 4. The molecule has 2 saturated heterocycles. The van der Waals surface area contributed by atoms with E-state index in [0.717, 1.165) is 41.9 Å². The minimum Gasteiger partial charge on any atom is -0.405 e. The fraction of sp³-hybridized carbons (Fsp3) is 0.387. The van der Waals surface area contributed by atoms with E-state index in [1.807, 2.05) is 17.1 Å². The van der Waals surface area contributed by atoms with Crippen molar-refractivity contribution in [2.45, 2.75) is 24.3 Å². The first-order valence-corrected chi connectivity index (χ1v) is 16.1. The molecule has 4 N–H and O–H groups in total. The molecule has 2 fully saturated rings. The predicted molar refractivity (Wildman–Crippen MR) is 169 cm³/mol. The minimum atomic E-state index is -4.04. The van der Waals surface area contributed by atoms with Gasteiger partial charge in [0.05, 0.1) is 10.6 Å². The van der Waals surface area contributed by atoms with E-state index in [-0.39, 0.29) is 16.7 Å². The van der Waals surface area contributed by atoms with Gasteiger partial charge in [-0.1, -0.05) is 24.2 Å². The molecule has 4 rings (SSSR count). The Morgan fingerprint density at radius 1 is 1.07 bits per heavy atom. The summed E-state index contributed by atoms with van der Waals surface area (Å²) in [5, 5.41) is 0.487. The number of piperazine rings is 1. The maximum Gasteiger partial charge on any atom is 0.264 e. The summed E-state index contributed by atoms with van der Waals surface area (Å²) < 4.78 is 42.5. The number of hydrogen-bond acceptors (Lipinski definition) is 7. The fourth-order valence-electron chi connectivity index (χ4n) is 5.57. The van der Waals surface area contributed by atoms with E-state index >= 15 is 0 Å². The lowest BCUT2D eigenvalue weighted by Crippen LogP contribution is -2.51.